The molecule has 4 aromatic rings. The normalized spacial score (nSPS) is 19.7. The number of pyridine rings is 2. The van der Waals surface area contributed by atoms with Gasteiger partial charge in [-0.2, -0.15) is 0 Å². The molecule has 0 saturated carbocycles. The molecule has 0 spiro atoms. The molecule has 2 unspecified atom stereocenters. The highest BCUT2D eigenvalue weighted by atomic mass is 19.1. The number of hydrogen-bond donors (Lipinski definition) is 1. The van der Waals surface area contributed by atoms with Crippen molar-refractivity contribution in [2.45, 2.75) is 32.0 Å². The topological polar surface area (TPSA) is 51.5 Å². The summed E-state index contributed by atoms with van der Waals surface area (Å²) >= 11 is 0. The number of hydrogen-bond acceptors (Lipinski definition) is 4. The highest BCUT2D eigenvalue weighted by molar-refractivity contribution is 5.86. The summed E-state index contributed by atoms with van der Waals surface area (Å²) < 4.78 is 22.4. The first-order chi connectivity index (χ1) is 14.2. The van der Waals surface area contributed by atoms with Crippen LogP contribution in [0.4, 0.5) is 4.39 Å². The number of fused-ring (bicyclic) bond motifs is 2. The van der Waals surface area contributed by atoms with Crippen LogP contribution in [0.25, 0.3) is 27.9 Å². The van der Waals surface area contributed by atoms with Crippen molar-refractivity contribution in [3.63, 3.8) is 0 Å². The molecule has 29 heavy (non-hydrogen) atoms. The Morgan fingerprint density at radius 3 is 3.03 bits per heavy atom. The third kappa shape index (κ3) is 3.34. The standard InChI is InChI=1S/C23H23FN4O/c1-2-15-9-11-28-19(14-26-22(28)12-15)18-7-6-16-4-3-5-21(23(16)27-18)29-20-8-10-25-13-17(20)24/h3-7,9,11-12,14,17,20,25H,2,8,10,13H2,1H3. The molecule has 1 aliphatic rings. The molecular weight excluding hydrogens is 367 g/mol. The maximum Gasteiger partial charge on any atom is 0.149 e. The third-order valence-corrected chi connectivity index (χ3v) is 5.56. The number of nitrogens with one attached hydrogen (secondary N) is 1. The number of piperidine rings is 1. The van der Waals surface area contributed by atoms with Crippen LogP contribution in [0.2, 0.25) is 0 Å². The number of rotatable bonds is 4. The molecular formula is C23H23FN4O. The van der Waals surface area contributed by atoms with Gasteiger partial charge in [0.2, 0.25) is 0 Å². The molecule has 0 amide bonds. The van der Waals surface area contributed by atoms with Crippen molar-refractivity contribution in [3.05, 3.63) is 60.4 Å². The van der Waals surface area contributed by atoms with Crippen LogP contribution in [0.3, 0.4) is 0 Å². The second-order valence-electron chi connectivity index (χ2n) is 7.45. The lowest BCUT2D eigenvalue weighted by atomic mass is 10.1. The van der Waals surface area contributed by atoms with E-state index in [2.05, 4.69) is 29.4 Å². The molecule has 2 atom stereocenters. The van der Waals surface area contributed by atoms with Gasteiger partial charge in [-0.3, -0.25) is 4.40 Å². The van der Waals surface area contributed by atoms with E-state index in [1.54, 1.807) is 0 Å². The van der Waals surface area contributed by atoms with E-state index >= 15 is 0 Å². The zero-order chi connectivity index (χ0) is 19.8. The first-order valence-corrected chi connectivity index (χ1v) is 10.1. The van der Waals surface area contributed by atoms with Gasteiger partial charge in [-0.15, -0.1) is 0 Å². The molecule has 0 radical (unpaired) electrons. The monoisotopic (exact) mass is 390 g/mol. The van der Waals surface area contributed by atoms with Gasteiger partial charge in [-0.25, -0.2) is 14.4 Å². The van der Waals surface area contributed by atoms with Gasteiger partial charge in [0.05, 0.1) is 17.6 Å². The zero-order valence-corrected chi connectivity index (χ0v) is 16.3. The molecule has 1 fully saturated rings. The van der Waals surface area contributed by atoms with Crippen LogP contribution < -0.4 is 10.1 Å². The number of aromatic nitrogens is 3. The van der Waals surface area contributed by atoms with Crippen molar-refractivity contribution in [1.29, 1.82) is 0 Å². The minimum absolute atomic E-state index is 0.329. The third-order valence-electron chi connectivity index (χ3n) is 5.56. The van der Waals surface area contributed by atoms with E-state index in [1.165, 1.54) is 5.56 Å². The molecule has 1 aliphatic heterocycles. The fourth-order valence-corrected chi connectivity index (χ4v) is 3.88. The Morgan fingerprint density at radius 1 is 1.24 bits per heavy atom. The summed E-state index contributed by atoms with van der Waals surface area (Å²) in [5, 5.41) is 4.03. The number of ether oxygens (including phenoxy) is 1. The van der Waals surface area contributed by atoms with E-state index in [0.717, 1.165) is 40.9 Å². The van der Waals surface area contributed by atoms with Gasteiger partial charge in [-0.1, -0.05) is 25.1 Å². The zero-order valence-electron chi connectivity index (χ0n) is 16.3. The summed E-state index contributed by atoms with van der Waals surface area (Å²) in [4.78, 5) is 9.42. The van der Waals surface area contributed by atoms with E-state index < -0.39 is 12.3 Å². The smallest absolute Gasteiger partial charge is 0.149 e. The summed E-state index contributed by atoms with van der Waals surface area (Å²) in [5.74, 6) is 0.626. The predicted octanol–water partition coefficient (Wildman–Crippen LogP) is 4.19. The molecule has 5 rings (SSSR count). The molecule has 148 valence electrons. The SMILES string of the molecule is CCc1ccn2c(-c3ccc4cccc(OC5CCNCC5F)c4n3)cnc2c1. The van der Waals surface area contributed by atoms with Crippen LogP contribution in [0.5, 0.6) is 5.75 Å². The summed E-state index contributed by atoms with van der Waals surface area (Å²) in [6.07, 6.45) is 4.03. The van der Waals surface area contributed by atoms with Crippen LogP contribution >= 0.6 is 0 Å². The lowest BCUT2D eigenvalue weighted by Gasteiger charge is -2.27. The minimum atomic E-state index is -1.02. The quantitative estimate of drug-likeness (QED) is 0.568. The van der Waals surface area contributed by atoms with Crippen LogP contribution in [-0.4, -0.2) is 39.7 Å². The van der Waals surface area contributed by atoms with E-state index in [0.29, 0.717) is 18.7 Å². The second kappa shape index (κ2) is 7.44. The van der Waals surface area contributed by atoms with E-state index in [1.807, 2.05) is 47.1 Å². The number of halogens is 1. The number of para-hydroxylation sites is 1. The van der Waals surface area contributed by atoms with Crippen molar-refractivity contribution in [2.24, 2.45) is 0 Å². The van der Waals surface area contributed by atoms with Crippen molar-refractivity contribution in [3.8, 4) is 17.1 Å². The number of benzene rings is 1. The molecule has 5 nitrogen and oxygen atoms in total. The first kappa shape index (κ1) is 18.1. The number of aryl methyl sites for hydroxylation is 1. The highest BCUT2D eigenvalue weighted by Gasteiger charge is 2.27. The largest absolute Gasteiger partial charge is 0.485 e. The minimum Gasteiger partial charge on any atom is -0.485 e. The van der Waals surface area contributed by atoms with Crippen LogP contribution in [-0.2, 0) is 6.42 Å². The van der Waals surface area contributed by atoms with E-state index in [-0.39, 0.29) is 0 Å². The Kier molecular flexibility index (Phi) is 4.64. The summed E-state index contributed by atoms with van der Waals surface area (Å²) in [6.45, 7) is 3.22. The fraction of sp³-hybridized carbons (Fsp3) is 0.304. The molecule has 1 N–H and O–H groups in total. The van der Waals surface area contributed by atoms with Gasteiger partial charge < -0.3 is 10.1 Å². The average Bonchev–Trinajstić information content (AvgIpc) is 3.18. The number of imidazole rings is 1. The van der Waals surface area contributed by atoms with Crippen molar-refractivity contribution in [1.82, 2.24) is 19.7 Å². The van der Waals surface area contributed by atoms with E-state index in [4.69, 9.17) is 9.72 Å². The fourth-order valence-electron chi connectivity index (χ4n) is 3.88. The lowest BCUT2D eigenvalue weighted by molar-refractivity contribution is 0.0743. The molecule has 0 aliphatic carbocycles. The molecule has 1 aromatic carbocycles. The number of alkyl halides is 1. The Hall–Kier alpha value is -2.99. The summed E-state index contributed by atoms with van der Waals surface area (Å²) in [7, 11) is 0. The molecule has 4 heterocycles. The Morgan fingerprint density at radius 2 is 2.17 bits per heavy atom. The lowest BCUT2D eigenvalue weighted by Crippen LogP contribution is -2.44. The van der Waals surface area contributed by atoms with E-state index in [9.17, 15) is 4.39 Å². The Balaban J connectivity index is 1.56. The van der Waals surface area contributed by atoms with Crippen LogP contribution in [0.1, 0.15) is 18.9 Å². The van der Waals surface area contributed by atoms with Gasteiger partial charge in [-0.05, 0) is 49.2 Å². The predicted molar refractivity (Wildman–Crippen MR) is 112 cm³/mol. The molecule has 1 saturated heterocycles. The molecule has 3 aromatic heterocycles. The van der Waals surface area contributed by atoms with Gasteiger partial charge >= 0.3 is 0 Å². The maximum absolute atomic E-state index is 14.3. The second-order valence-corrected chi connectivity index (χ2v) is 7.45. The maximum atomic E-state index is 14.3. The summed E-state index contributed by atoms with van der Waals surface area (Å²) in [6, 6.07) is 14.0. The van der Waals surface area contributed by atoms with Crippen molar-refractivity contribution >= 4 is 16.6 Å². The Labute approximate surface area is 168 Å². The van der Waals surface area contributed by atoms with Crippen molar-refractivity contribution in [2.75, 3.05) is 13.1 Å². The van der Waals surface area contributed by atoms with Crippen molar-refractivity contribution < 1.29 is 9.13 Å². The Bertz CT molecular complexity index is 1170. The first-order valence-electron chi connectivity index (χ1n) is 10.1. The van der Waals surface area contributed by atoms with Crippen LogP contribution in [0, 0.1) is 0 Å². The number of nitrogens with zero attached hydrogens (tertiary/aromatic N) is 3. The highest BCUT2D eigenvalue weighted by Crippen LogP contribution is 2.30. The van der Waals surface area contributed by atoms with Gasteiger partial charge in [0.25, 0.3) is 0 Å². The molecule has 6 heteroatoms. The van der Waals surface area contributed by atoms with Gasteiger partial charge in [0, 0.05) is 18.1 Å². The van der Waals surface area contributed by atoms with Gasteiger partial charge in [0.15, 0.2) is 0 Å². The van der Waals surface area contributed by atoms with Crippen LogP contribution in [0.15, 0.2) is 54.9 Å². The average molecular weight is 390 g/mol. The molecule has 0 bridgehead atoms. The summed E-state index contributed by atoms with van der Waals surface area (Å²) in [5.41, 5.74) is 4.63. The van der Waals surface area contributed by atoms with Gasteiger partial charge in [0.1, 0.15) is 29.2 Å².